The topological polar surface area (TPSA) is 29.5 Å². The molecule has 2 aromatic carbocycles. The van der Waals surface area contributed by atoms with Gasteiger partial charge in [0.25, 0.3) is 0 Å². The lowest BCUT2D eigenvalue weighted by molar-refractivity contribution is 0.159. The SMILES string of the molecule is COc1cc(C(O)CC(C)c2ccccc2)ccc1Cl. The quantitative estimate of drug-likeness (QED) is 0.873. The van der Waals surface area contributed by atoms with Crippen molar-refractivity contribution in [3.05, 3.63) is 64.7 Å². The van der Waals surface area contributed by atoms with Crippen molar-refractivity contribution in [2.45, 2.75) is 25.4 Å². The lowest BCUT2D eigenvalue weighted by Gasteiger charge is -2.18. The molecule has 0 amide bonds. The van der Waals surface area contributed by atoms with Crippen LogP contribution in [0.3, 0.4) is 0 Å². The number of aliphatic hydroxyl groups excluding tert-OH is 1. The van der Waals surface area contributed by atoms with Gasteiger partial charge < -0.3 is 9.84 Å². The molecule has 0 aromatic heterocycles. The minimum atomic E-state index is -0.531. The zero-order valence-electron chi connectivity index (χ0n) is 11.7. The number of methoxy groups -OCH3 is 1. The van der Waals surface area contributed by atoms with Gasteiger partial charge in [0.2, 0.25) is 0 Å². The molecule has 0 saturated carbocycles. The monoisotopic (exact) mass is 290 g/mol. The molecule has 2 nitrogen and oxygen atoms in total. The fourth-order valence-corrected chi connectivity index (χ4v) is 2.47. The number of aliphatic hydroxyl groups is 1. The van der Waals surface area contributed by atoms with Gasteiger partial charge in [-0.3, -0.25) is 0 Å². The summed E-state index contributed by atoms with van der Waals surface area (Å²) >= 11 is 6.00. The van der Waals surface area contributed by atoms with Crippen LogP contribution in [0.15, 0.2) is 48.5 Å². The summed E-state index contributed by atoms with van der Waals surface area (Å²) in [5.74, 6) is 0.878. The van der Waals surface area contributed by atoms with E-state index in [1.807, 2.05) is 24.3 Å². The van der Waals surface area contributed by atoms with Crippen LogP contribution in [0.2, 0.25) is 5.02 Å². The number of rotatable bonds is 5. The molecule has 0 saturated heterocycles. The van der Waals surface area contributed by atoms with Crippen molar-refractivity contribution in [3.63, 3.8) is 0 Å². The Hall–Kier alpha value is -1.51. The molecule has 0 fully saturated rings. The molecule has 0 aliphatic carbocycles. The van der Waals surface area contributed by atoms with E-state index in [4.69, 9.17) is 16.3 Å². The molecule has 1 N–H and O–H groups in total. The van der Waals surface area contributed by atoms with Crippen LogP contribution >= 0.6 is 11.6 Å². The van der Waals surface area contributed by atoms with Gasteiger partial charge in [0.15, 0.2) is 0 Å². The van der Waals surface area contributed by atoms with Gasteiger partial charge in [-0.1, -0.05) is 54.9 Å². The van der Waals surface area contributed by atoms with Crippen LogP contribution < -0.4 is 4.74 Å². The highest BCUT2D eigenvalue weighted by Crippen LogP contribution is 2.32. The van der Waals surface area contributed by atoms with Gasteiger partial charge >= 0.3 is 0 Å². The molecule has 0 heterocycles. The van der Waals surface area contributed by atoms with E-state index in [2.05, 4.69) is 19.1 Å². The van der Waals surface area contributed by atoms with Gasteiger partial charge in [0, 0.05) is 0 Å². The maximum Gasteiger partial charge on any atom is 0.137 e. The fraction of sp³-hybridized carbons (Fsp3) is 0.294. The Morgan fingerprint density at radius 2 is 1.80 bits per heavy atom. The lowest BCUT2D eigenvalue weighted by atomic mass is 9.92. The molecule has 3 heteroatoms. The summed E-state index contributed by atoms with van der Waals surface area (Å²) < 4.78 is 5.18. The minimum Gasteiger partial charge on any atom is -0.495 e. The summed E-state index contributed by atoms with van der Waals surface area (Å²) in [5.41, 5.74) is 2.06. The fourth-order valence-electron chi connectivity index (χ4n) is 2.27. The maximum absolute atomic E-state index is 10.4. The molecule has 0 radical (unpaired) electrons. The Morgan fingerprint density at radius 1 is 1.10 bits per heavy atom. The molecule has 2 rings (SSSR count). The molecule has 2 unspecified atom stereocenters. The number of hydrogen-bond acceptors (Lipinski definition) is 2. The molecule has 0 bridgehead atoms. The number of ether oxygens (including phenoxy) is 1. The van der Waals surface area contributed by atoms with Gasteiger partial charge in [-0.15, -0.1) is 0 Å². The van der Waals surface area contributed by atoms with E-state index in [1.165, 1.54) is 5.56 Å². The van der Waals surface area contributed by atoms with Crippen molar-refractivity contribution < 1.29 is 9.84 Å². The Balaban J connectivity index is 2.10. The van der Waals surface area contributed by atoms with Crippen molar-refractivity contribution in [2.75, 3.05) is 7.11 Å². The van der Waals surface area contributed by atoms with Crippen LogP contribution in [0.1, 0.15) is 36.5 Å². The van der Waals surface area contributed by atoms with Gasteiger partial charge in [-0.25, -0.2) is 0 Å². The van der Waals surface area contributed by atoms with Crippen molar-refractivity contribution in [3.8, 4) is 5.75 Å². The Kier molecular flexibility index (Phi) is 5.05. The summed E-state index contributed by atoms with van der Waals surface area (Å²) in [5, 5.41) is 10.9. The maximum atomic E-state index is 10.4. The summed E-state index contributed by atoms with van der Waals surface area (Å²) in [6, 6.07) is 15.6. The average Bonchev–Trinajstić information content (AvgIpc) is 2.48. The highest BCUT2D eigenvalue weighted by molar-refractivity contribution is 6.32. The van der Waals surface area contributed by atoms with Crippen molar-refractivity contribution >= 4 is 11.6 Å². The summed E-state index contributed by atoms with van der Waals surface area (Å²) in [6.45, 7) is 2.12. The highest BCUT2D eigenvalue weighted by Gasteiger charge is 2.15. The van der Waals surface area contributed by atoms with E-state index in [0.29, 0.717) is 17.2 Å². The van der Waals surface area contributed by atoms with E-state index in [0.717, 1.165) is 5.56 Å². The Morgan fingerprint density at radius 3 is 2.45 bits per heavy atom. The second-order valence-electron chi connectivity index (χ2n) is 4.96. The largest absolute Gasteiger partial charge is 0.495 e. The van der Waals surface area contributed by atoms with E-state index in [1.54, 1.807) is 19.2 Å². The predicted molar refractivity (Wildman–Crippen MR) is 82.4 cm³/mol. The second-order valence-corrected chi connectivity index (χ2v) is 5.36. The minimum absolute atomic E-state index is 0.285. The molecule has 2 aromatic rings. The molecule has 2 atom stereocenters. The van der Waals surface area contributed by atoms with Crippen LogP contribution in [0.4, 0.5) is 0 Å². The Bertz CT molecular complexity index is 554. The van der Waals surface area contributed by atoms with Crippen molar-refractivity contribution in [1.82, 2.24) is 0 Å². The normalized spacial score (nSPS) is 13.8. The highest BCUT2D eigenvalue weighted by atomic mass is 35.5. The van der Waals surface area contributed by atoms with Crippen LogP contribution in [0.5, 0.6) is 5.75 Å². The van der Waals surface area contributed by atoms with E-state index in [9.17, 15) is 5.11 Å². The smallest absolute Gasteiger partial charge is 0.137 e. The average molecular weight is 291 g/mol. The molecule has 0 aliphatic rings. The summed E-state index contributed by atoms with van der Waals surface area (Å²) in [4.78, 5) is 0. The number of hydrogen-bond donors (Lipinski definition) is 1. The van der Waals surface area contributed by atoms with Crippen LogP contribution in [-0.2, 0) is 0 Å². The first kappa shape index (κ1) is 14.9. The standard InChI is InChI=1S/C17H19ClO2/c1-12(13-6-4-3-5-7-13)10-16(19)14-8-9-15(18)17(11-14)20-2/h3-9,11-12,16,19H,10H2,1-2H3. The second kappa shape index (κ2) is 6.78. The van der Waals surface area contributed by atoms with Crippen molar-refractivity contribution in [2.24, 2.45) is 0 Å². The summed E-state index contributed by atoms with van der Waals surface area (Å²) in [7, 11) is 1.57. The van der Waals surface area contributed by atoms with E-state index < -0.39 is 6.10 Å². The third-order valence-electron chi connectivity index (χ3n) is 3.51. The third kappa shape index (κ3) is 3.53. The van der Waals surface area contributed by atoms with Gasteiger partial charge in [-0.2, -0.15) is 0 Å². The number of halogens is 1. The van der Waals surface area contributed by atoms with Crippen LogP contribution in [0.25, 0.3) is 0 Å². The molecule has 106 valence electrons. The van der Waals surface area contributed by atoms with Crippen molar-refractivity contribution in [1.29, 1.82) is 0 Å². The van der Waals surface area contributed by atoms with Crippen LogP contribution in [0, 0.1) is 0 Å². The zero-order chi connectivity index (χ0) is 14.5. The third-order valence-corrected chi connectivity index (χ3v) is 3.82. The van der Waals surface area contributed by atoms with E-state index >= 15 is 0 Å². The predicted octanol–water partition coefficient (Wildman–Crippen LogP) is 4.58. The first-order valence-corrected chi connectivity index (χ1v) is 7.06. The zero-order valence-corrected chi connectivity index (χ0v) is 12.5. The van der Waals surface area contributed by atoms with Gasteiger partial charge in [-0.05, 0) is 35.6 Å². The van der Waals surface area contributed by atoms with Gasteiger partial charge in [0.1, 0.15) is 5.75 Å². The number of benzene rings is 2. The molecule has 20 heavy (non-hydrogen) atoms. The first-order chi connectivity index (χ1) is 9.61. The Labute approximate surface area is 125 Å². The summed E-state index contributed by atoms with van der Waals surface area (Å²) in [6.07, 6.45) is 0.130. The lowest BCUT2D eigenvalue weighted by Crippen LogP contribution is -2.04. The molecule has 0 aliphatic heterocycles. The molecular formula is C17H19ClO2. The van der Waals surface area contributed by atoms with E-state index in [-0.39, 0.29) is 5.92 Å². The first-order valence-electron chi connectivity index (χ1n) is 6.68. The molecule has 0 spiro atoms. The molecular weight excluding hydrogens is 272 g/mol. The van der Waals surface area contributed by atoms with Gasteiger partial charge in [0.05, 0.1) is 18.2 Å². The van der Waals surface area contributed by atoms with Crippen LogP contribution in [-0.4, -0.2) is 12.2 Å².